The van der Waals surface area contributed by atoms with Gasteiger partial charge in [-0.25, -0.2) is 0 Å². The predicted molar refractivity (Wildman–Crippen MR) is 98.3 cm³/mol. The molecule has 25 heavy (non-hydrogen) atoms. The van der Waals surface area contributed by atoms with E-state index in [1.54, 1.807) is 24.3 Å². The van der Waals surface area contributed by atoms with Crippen molar-refractivity contribution in [2.45, 2.75) is 12.5 Å². The molecule has 0 aromatic heterocycles. The number of likely N-dealkylation sites (N-methyl/N-ethyl adjacent to an activating group) is 1. The van der Waals surface area contributed by atoms with Crippen LogP contribution in [0.5, 0.6) is 5.75 Å². The molecule has 0 saturated heterocycles. The van der Waals surface area contributed by atoms with Crippen molar-refractivity contribution >= 4 is 23.2 Å². The molecule has 0 spiro atoms. The number of nitrogens with one attached hydrogen (secondary N) is 1. The molecule has 1 aliphatic rings. The normalized spacial score (nSPS) is 14.1. The van der Waals surface area contributed by atoms with Crippen LogP contribution in [0.25, 0.3) is 0 Å². The maximum atomic E-state index is 11.9. The van der Waals surface area contributed by atoms with Gasteiger partial charge in [0, 0.05) is 30.8 Å². The van der Waals surface area contributed by atoms with E-state index in [1.807, 2.05) is 18.2 Å². The first-order chi connectivity index (χ1) is 12.0. The summed E-state index contributed by atoms with van der Waals surface area (Å²) in [6.45, 7) is 1.04. The van der Waals surface area contributed by atoms with Gasteiger partial charge in [-0.2, -0.15) is 0 Å². The minimum absolute atomic E-state index is 0.108. The summed E-state index contributed by atoms with van der Waals surface area (Å²) in [5.74, 6) is 0.290. The number of aliphatic hydroxyl groups excluding tert-OH is 1. The fourth-order valence-electron chi connectivity index (χ4n) is 2.85. The second kappa shape index (κ2) is 7.76. The third kappa shape index (κ3) is 4.44. The highest BCUT2D eigenvalue weighted by molar-refractivity contribution is 6.30. The molecular weight excluding hydrogens is 340 g/mol. The highest BCUT2D eigenvalue weighted by Crippen LogP contribution is 2.29. The van der Waals surface area contributed by atoms with Gasteiger partial charge in [0.05, 0.1) is 6.10 Å². The summed E-state index contributed by atoms with van der Waals surface area (Å²) in [5.41, 5.74) is 3.25. The summed E-state index contributed by atoms with van der Waals surface area (Å²) in [7, 11) is 2.06. The number of rotatable bonds is 6. The van der Waals surface area contributed by atoms with Crippen molar-refractivity contribution < 1.29 is 14.6 Å². The van der Waals surface area contributed by atoms with Gasteiger partial charge in [0.15, 0.2) is 6.61 Å². The molecule has 1 heterocycles. The molecule has 0 bridgehead atoms. The van der Waals surface area contributed by atoms with Crippen LogP contribution in [-0.2, 0) is 11.2 Å². The summed E-state index contributed by atoms with van der Waals surface area (Å²) in [5, 5.41) is 13.6. The molecule has 1 amide bonds. The van der Waals surface area contributed by atoms with E-state index in [4.69, 9.17) is 16.3 Å². The monoisotopic (exact) mass is 360 g/mol. The van der Waals surface area contributed by atoms with Crippen molar-refractivity contribution in [1.82, 2.24) is 5.32 Å². The first-order valence-electron chi connectivity index (χ1n) is 8.20. The molecule has 5 nitrogen and oxygen atoms in total. The van der Waals surface area contributed by atoms with E-state index >= 15 is 0 Å². The molecule has 3 rings (SSSR count). The fraction of sp³-hybridized carbons (Fsp3) is 0.316. The van der Waals surface area contributed by atoms with Gasteiger partial charge in [0.25, 0.3) is 5.91 Å². The standard InChI is InChI=1S/C19H21ClN2O3/c1-22-9-8-13-10-14(2-7-17(13)22)18(23)11-21-19(24)12-25-16-5-3-15(20)4-6-16/h2-7,10,18,23H,8-9,11-12H2,1H3,(H,21,24). The lowest BCUT2D eigenvalue weighted by Crippen LogP contribution is -2.32. The van der Waals surface area contributed by atoms with E-state index in [2.05, 4.69) is 17.3 Å². The van der Waals surface area contributed by atoms with Gasteiger partial charge in [-0.05, 0) is 47.9 Å². The van der Waals surface area contributed by atoms with E-state index in [0.717, 1.165) is 18.5 Å². The predicted octanol–water partition coefficient (Wildman–Crippen LogP) is 2.56. The molecule has 1 atom stereocenters. The first kappa shape index (κ1) is 17.6. The second-order valence-electron chi connectivity index (χ2n) is 6.12. The summed E-state index contributed by atoms with van der Waals surface area (Å²) >= 11 is 5.80. The van der Waals surface area contributed by atoms with E-state index in [9.17, 15) is 9.90 Å². The van der Waals surface area contributed by atoms with Gasteiger partial charge in [0.1, 0.15) is 5.75 Å². The zero-order chi connectivity index (χ0) is 17.8. The molecule has 0 radical (unpaired) electrons. The van der Waals surface area contributed by atoms with Crippen molar-refractivity contribution in [3.05, 3.63) is 58.6 Å². The third-order valence-corrected chi connectivity index (χ3v) is 4.54. The van der Waals surface area contributed by atoms with Crippen LogP contribution in [0.3, 0.4) is 0 Å². The van der Waals surface area contributed by atoms with E-state index < -0.39 is 6.10 Å². The summed E-state index contributed by atoms with van der Waals surface area (Å²) in [6, 6.07) is 12.7. The first-order valence-corrected chi connectivity index (χ1v) is 8.58. The zero-order valence-electron chi connectivity index (χ0n) is 14.0. The van der Waals surface area contributed by atoms with Crippen LogP contribution in [-0.4, -0.2) is 37.8 Å². The SMILES string of the molecule is CN1CCc2cc(C(O)CNC(=O)COc3ccc(Cl)cc3)ccc21. The molecule has 0 saturated carbocycles. The number of carbonyl (C=O) groups is 1. The smallest absolute Gasteiger partial charge is 0.258 e. The number of hydrogen-bond acceptors (Lipinski definition) is 4. The highest BCUT2D eigenvalue weighted by Gasteiger charge is 2.18. The van der Waals surface area contributed by atoms with Gasteiger partial charge in [-0.3, -0.25) is 4.79 Å². The number of halogens is 1. The Kier molecular flexibility index (Phi) is 5.46. The van der Waals surface area contributed by atoms with E-state index in [0.29, 0.717) is 10.8 Å². The molecule has 0 aliphatic carbocycles. The number of benzene rings is 2. The quantitative estimate of drug-likeness (QED) is 0.831. The summed E-state index contributed by atoms with van der Waals surface area (Å²) in [6.07, 6.45) is 0.240. The van der Waals surface area contributed by atoms with Crippen molar-refractivity contribution in [3.63, 3.8) is 0 Å². The highest BCUT2D eigenvalue weighted by atomic mass is 35.5. The minimum atomic E-state index is -0.740. The van der Waals surface area contributed by atoms with Crippen molar-refractivity contribution in [1.29, 1.82) is 0 Å². The molecular formula is C19H21ClN2O3. The molecule has 1 unspecified atom stereocenters. The number of carbonyl (C=O) groups excluding carboxylic acids is 1. The Labute approximate surface area is 152 Å². The maximum absolute atomic E-state index is 11.9. The number of hydrogen-bond donors (Lipinski definition) is 2. The molecule has 132 valence electrons. The molecule has 2 aromatic rings. The maximum Gasteiger partial charge on any atom is 0.258 e. The van der Waals surface area contributed by atoms with Crippen LogP contribution >= 0.6 is 11.6 Å². The zero-order valence-corrected chi connectivity index (χ0v) is 14.8. The Hall–Kier alpha value is -2.24. The van der Waals surface area contributed by atoms with Crippen LogP contribution in [0.4, 0.5) is 5.69 Å². The van der Waals surface area contributed by atoms with E-state index in [-0.39, 0.29) is 19.1 Å². The van der Waals surface area contributed by atoms with Crippen molar-refractivity contribution in [2.24, 2.45) is 0 Å². The lowest BCUT2D eigenvalue weighted by atomic mass is 10.0. The average Bonchev–Trinajstić information content (AvgIpc) is 2.99. The van der Waals surface area contributed by atoms with E-state index in [1.165, 1.54) is 11.3 Å². The van der Waals surface area contributed by atoms with Crippen LogP contribution in [0.1, 0.15) is 17.2 Å². The van der Waals surface area contributed by atoms with Gasteiger partial charge < -0.3 is 20.1 Å². The Morgan fingerprint density at radius 3 is 2.84 bits per heavy atom. The third-order valence-electron chi connectivity index (χ3n) is 4.29. The average molecular weight is 361 g/mol. The van der Waals surface area contributed by atoms with Gasteiger partial charge in [-0.1, -0.05) is 23.7 Å². The topological polar surface area (TPSA) is 61.8 Å². The number of nitrogens with zero attached hydrogens (tertiary/aromatic N) is 1. The molecule has 2 aromatic carbocycles. The number of ether oxygens (including phenoxy) is 1. The van der Waals surface area contributed by atoms with Gasteiger partial charge in [0.2, 0.25) is 0 Å². The van der Waals surface area contributed by atoms with Gasteiger partial charge in [-0.15, -0.1) is 0 Å². The largest absolute Gasteiger partial charge is 0.484 e. The van der Waals surface area contributed by atoms with Crippen molar-refractivity contribution in [3.8, 4) is 5.75 Å². The minimum Gasteiger partial charge on any atom is -0.484 e. The van der Waals surface area contributed by atoms with Crippen molar-refractivity contribution in [2.75, 3.05) is 31.6 Å². The number of anilines is 1. The lowest BCUT2D eigenvalue weighted by molar-refractivity contribution is -0.123. The molecule has 0 fully saturated rings. The number of aliphatic hydroxyl groups is 1. The Balaban J connectivity index is 1.47. The number of amides is 1. The lowest BCUT2D eigenvalue weighted by Gasteiger charge is -2.15. The Morgan fingerprint density at radius 2 is 2.08 bits per heavy atom. The van der Waals surface area contributed by atoms with Gasteiger partial charge >= 0.3 is 0 Å². The molecule has 6 heteroatoms. The molecule has 1 aliphatic heterocycles. The van der Waals surface area contributed by atoms with Crippen LogP contribution < -0.4 is 15.0 Å². The fourth-order valence-corrected chi connectivity index (χ4v) is 2.98. The van der Waals surface area contributed by atoms with Crippen LogP contribution in [0, 0.1) is 0 Å². The Bertz CT molecular complexity index is 749. The molecule has 2 N–H and O–H groups in total. The summed E-state index contributed by atoms with van der Waals surface area (Å²) < 4.78 is 5.38. The second-order valence-corrected chi connectivity index (χ2v) is 6.56. The number of fused-ring (bicyclic) bond motifs is 1. The summed E-state index contributed by atoms with van der Waals surface area (Å²) in [4.78, 5) is 14.1. The Morgan fingerprint density at radius 1 is 1.32 bits per heavy atom. The van der Waals surface area contributed by atoms with Crippen LogP contribution in [0.2, 0.25) is 5.02 Å². The van der Waals surface area contributed by atoms with Crippen LogP contribution in [0.15, 0.2) is 42.5 Å².